The number of H-pyrrole nitrogens is 1. The third-order valence-electron chi connectivity index (χ3n) is 2.27. The van der Waals surface area contributed by atoms with Crippen LogP contribution < -0.4 is 0 Å². The van der Waals surface area contributed by atoms with E-state index < -0.39 is 11.9 Å². The maximum Gasteiger partial charge on any atom is 0.354 e. The molecule has 0 saturated carbocycles. The monoisotopic (exact) mass is 253 g/mol. The second-order valence-electron chi connectivity index (χ2n) is 3.51. The first kappa shape index (κ1) is 14.0. The smallest absolute Gasteiger partial charge is 0.354 e. The summed E-state index contributed by atoms with van der Waals surface area (Å²) in [7, 11) is 1.26. The molecule has 98 valence electrons. The first-order chi connectivity index (χ1) is 8.58. The van der Waals surface area contributed by atoms with Crippen molar-refractivity contribution in [2.24, 2.45) is 0 Å². The molecule has 0 amide bonds. The van der Waals surface area contributed by atoms with Crippen molar-refractivity contribution >= 4 is 17.7 Å². The molecule has 1 aromatic heterocycles. The number of carbonyl (C=O) groups is 3. The van der Waals surface area contributed by atoms with Gasteiger partial charge in [0, 0.05) is 6.42 Å². The predicted molar refractivity (Wildman–Crippen MR) is 62.3 cm³/mol. The van der Waals surface area contributed by atoms with Crippen LogP contribution in [0.2, 0.25) is 0 Å². The van der Waals surface area contributed by atoms with Crippen LogP contribution in [-0.2, 0) is 14.3 Å². The molecule has 0 radical (unpaired) electrons. The highest BCUT2D eigenvalue weighted by atomic mass is 16.5. The number of ketones is 1. The summed E-state index contributed by atoms with van der Waals surface area (Å²) in [6.07, 6.45) is 0.0541. The zero-order chi connectivity index (χ0) is 13.5. The number of rotatable bonds is 6. The summed E-state index contributed by atoms with van der Waals surface area (Å²) in [5, 5.41) is 0. The van der Waals surface area contributed by atoms with Gasteiger partial charge in [-0.2, -0.15) is 0 Å². The molecule has 6 heteroatoms. The van der Waals surface area contributed by atoms with Gasteiger partial charge in [0.15, 0.2) is 5.78 Å². The second-order valence-corrected chi connectivity index (χ2v) is 3.51. The first-order valence-corrected chi connectivity index (χ1v) is 5.54. The maximum absolute atomic E-state index is 11.7. The van der Waals surface area contributed by atoms with E-state index in [-0.39, 0.29) is 36.6 Å². The van der Waals surface area contributed by atoms with Gasteiger partial charge in [-0.3, -0.25) is 9.59 Å². The van der Waals surface area contributed by atoms with Gasteiger partial charge >= 0.3 is 11.9 Å². The summed E-state index contributed by atoms with van der Waals surface area (Å²) >= 11 is 0. The molecular weight excluding hydrogens is 238 g/mol. The van der Waals surface area contributed by atoms with Gasteiger partial charge in [0.2, 0.25) is 0 Å². The Morgan fingerprint density at radius 3 is 2.44 bits per heavy atom. The molecular formula is C12H15NO5. The highest BCUT2D eigenvalue weighted by molar-refractivity contribution is 5.98. The predicted octanol–water partition coefficient (Wildman–Crippen LogP) is 1.33. The van der Waals surface area contributed by atoms with Crippen molar-refractivity contribution in [2.75, 3.05) is 13.7 Å². The van der Waals surface area contributed by atoms with Crippen molar-refractivity contribution < 1.29 is 23.9 Å². The summed E-state index contributed by atoms with van der Waals surface area (Å²) in [4.78, 5) is 36.6. The summed E-state index contributed by atoms with van der Waals surface area (Å²) in [5.41, 5.74) is 0.500. The van der Waals surface area contributed by atoms with Crippen LogP contribution >= 0.6 is 0 Å². The molecule has 1 N–H and O–H groups in total. The molecule has 0 bridgehead atoms. The van der Waals surface area contributed by atoms with E-state index in [4.69, 9.17) is 4.74 Å². The third-order valence-corrected chi connectivity index (χ3v) is 2.27. The fourth-order valence-electron chi connectivity index (χ4n) is 1.34. The van der Waals surface area contributed by atoms with Gasteiger partial charge in [0.25, 0.3) is 0 Å². The van der Waals surface area contributed by atoms with Gasteiger partial charge in [0.05, 0.1) is 25.8 Å². The molecule has 1 aromatic rings. The summed E-state index contributed by atoms with van der Waals surface area (Å²) in [6.45, 7) is 1.97. The molecule has 1 heterocycles. The molecule has 0 aromatic carbocycles. The van der Waals surface area contributed by atoms with Crippen LogP contribution in [0.4, 0.5) is 0 Å². The highest BCUT2D eigenvalue weighted by Crippen LogP contribution is 2.08. The van der Waals surface area contributed by atoms with E-state index in [0.29, 0.717) is 0 Å². The van der Waals surface area contributed by atoms with E-state index in [1.54, 1.807) is 6.92 Å². The SMILES string of the molecule is CCOC(=O)c1ccc(C(=O)CCC(=O)OC)[nH]1. The Kier molecular flexibility index (Phi) is 5.10. The van der Waals surface area contributed by atoms with Gasteiger partial charge in [-0.25, -0.2) is 4.79 Å². The Hall–Kier alpha value is -2.11. The van der Waals surface area contributed by atoms with E-state index in [1.165, 1.54) is 19.2 Å². The van der Waals surface area contributed by atoms with Crippen molar-refractivity contribution in [1.29, 1.82) is 0 Å². The number of nitrogens with one attached hydrogen (secondary N) is 1. The number of esters is 2. The van der Waals surface area contributed by atoms with Crippen molar-refractivity contribution in [3.05, 3.63) is 23.5 Å². The van der Waals surface area contributed by atoms with E-state index in [0.717, 1.165) is 0 Å². The normalized spacial score (nSPS) is 9.89. The number of hydrogen-bond acceptors (Lipinski definition) is 5. The van der Waals surface area contributed by atoms with Crippen LogP contribution in [-0.4, -0.2) is 36.4 Å². The molecule has 0 atom stereocenters. The van der Waals surface area contributed by atoms with E-state index in [1.807, 2.05) is 0 Å². The van der Waals surface area contributed by atoms with Crippen molar-refractivity contribution in [3.8, 4) is 0 Å². The summed E-state index contributed by atoms with van der Waals surface area (Å²) in [6, 6.07) is 2.97. The number of hydrogen-bond donors (Lipinski definition) is 1. The van der Waals surface area contributed by atoms with Crippen LogP contribution in [0.25, 0.3) is 0 Å². The molecule has 0 aliphatic carbocycles. The quantitative estimate of drug-likeness (QED) is 0.610. The van der Waals surface area contributed by atoms with Crippen molar-refractivity contribution in [2.45, 2.75) is 19.8 Å². The Bertz CT molecular complexity index is 449. The number of Topliss-reactive ketones (excluding diaryl/α,β-unsaturated/α-hetero) is 1. The Morgan fingerprint density at radius 1 is 1.17 bits per heavy atom. The molecule has 18 heavy (non-hydrogen) atoms. The molecule has 0 fully saturated rings. The van der Waals surface area contributed by atoms with Gasteiger partial charge in [0.1, 0.15) is 5.69 Å². The molecule has 0 saturated heterocycles. The number of aromatic nitrogens is 1. The average molecular weight is 253 g/mol. The zero-order valence-corrected chi connectivity index (χ0v) is 10.3. The van der Waals surface area contributed by atoms with Crippen LogP contribution in [0.3, 0.4) is 0 Å². The summed E-state index contributed by atoms with van der Waals surface area (Å²) < 4.78 is 9.22. The number of carbonyl (C=O) groups excluding carboxylic acids is 3. The zero-order valence-electron chi connectivity index (χ0n) is 10.3. The number of methoxy groups -OCH3 is 1. The Labute approximate surface area is 104 Å². The van der Waals surface area contributed by atoms with E-state index in [9.17, 15) is 14.4 Å². The Balaban J connectivity index is 2.59. The third kappa shape index (κ3) is 3.73. The van der Waals surface area contributed by atoms with E-state index in [2.05, 4.69) is 9.72 Å². The van der Waals surface area contributed by atoms with Gasteiger partial charge in [-0.1, -0.05) is 0 Å². The van der Waals surface area contributed by atoms with Crippen molar-refractivity contribution in [1.82, 2.24) is 4.98 Å². The number of aromatic amines is 1. The fourth-order valence-corrected chi connectivity index (χ4v) is 1.34. The second kappa shape index (κ2) is 6.58. The van der Waals surface area contributed by atoms with Crippen molar-refractivity contribution in [3.63, 3.8) is 0 Å². The molecule has 1 rings (SSSR count). The molecule has 0 aliphatic rings. The van der Waals surface area contributed by atoms with Crippen LogP contribution in [0.1, 0.15) is 40.7 Å². The average Bonchev–Trinajstić information content (AvgIpc) is 2.85. The lowest BCUT2D eigenvalue weighted by atomic mass is 10.2. The lowest BCUT2D eigenvalue weighted by molar-refractivity contribution is -0.140. The minimum absolute atomic E-state index is 0.0170. The molecule has 6 nitrogen and oxygen atoms in total. The van der Waals surface area contributed by atoms with Gasteiger partial charge in [-0.15, -0.1) is 0 Å². The highest BCUT2D eigenvalue weighted by Gasteiger charge is 2.14. The first-order valence-electron chi connectivity index (χ1n) is 5.54. The van der Waals surface area contributed by atoms with Gasteiger partial charge < -0.3 is 14.5 Å². The lowest BCUT2D eigenvalue weighted by Gasteiger charge is -1.99. The lowest BCUT2D eigenvalue weighted by Crippen LogP contribution is -2.08. The molecule has 0 spiro atoms. The van der Waals surface area contributed by atoms with Crippen LogP contribution in [0.15, 0.2) is 12.1 Å². The standard InChI is InChI=1S/C12H15NO5/c1-3-18-12(16)9-5-4-8(13-9)10(14)6-7-11(15)17-2/h4-5,13H,3,6-7H2,1-2H3. The van der Waals surface area contributed by atoms with Gasteiger partial charge in [-0.05, 0) is 19.1 Å². The number of ether oxygens (including phenoxy) is 2. The minimum Gasteiger partial charge on any atom is -0.469 e. The van der Waals surface area contributed by atoms with E-state index >= 15 is 0 Å². The molecule has 0 unspecified atom stereocenters. The maximum atomic E-state index is 11.7. The minimum atomic E-state index is -0.510. The fraction of sp³-hybridized carbons (Fsp3) is 0.417. The Morgan fingerprint density at radius 2 is 1.83 bits per heavy atom. The van der Waals surface area contributed by atoms with Crippen LogP contribution in [0, 0.1) is 0 Å². The van der Waals surface area contributed by atoms with Crippen LogP contribution in [0.5, 0.6) is 0 Å². The summed E-state index contributed by atoms with van der Waals surface area (Å²) in [5.74, 6) is -1.21. The molecule has 0 aliphatic heterocycles. The largest absolute Gasteiger partial charge is 0.469 e. The topological polar surface area (TPSA) is 85.5 Å².